The van der Waals surface area contributed by atoms with E-state index in [-0.39, 0.29) is 5.97 Å². The molecule has 0 N–H and O–H groups in total. The molecule has 0 atom stereocenters. The number of benzene rings is 1. The van der Waals surface area contributed by atoms with Crippen molar-refractivity contribution in [1.29, 1.82) is 0 Å². The first-order valence-corrected chi connectivity index (χ1v) is 6.44. The van der Waals surface area contributed by atoms with Crippen LogP contribution in [0.4, 0.5) is 5.69 Å². The van der Waals surface area contributed by atoms with Crippen molar-refractivity contribution in [2.75, 3.05) is 24.6 Å². The molecule has 0 amide bonds. The lowest BCUT2D eigenvalue weighted by atomic mass is 10.1. The summed E-state index contributed by atoms with van der Waals surface area (Å²) in [6.07, 6.45) is 5.86. The van der Waals surface area contributed by atoms with Crippen molar-refractivity contribution in [2.45, 2.75) is 19.8 Å². The van der Waals surface area contributed by atoms with Gasteiger partial charge < -0.3 is 9.64 Å². The summed E-state index contributed by atoms with van der Waals surface area (Å²) in [5.74, 6) is -0.161. The summed E-state index contributed by atoms with van der Waals surface area (Å²) in [7, 11) is 0. The van der Waals surface area contributed by atoms with E-state index in [9.17, 15) is 4.79 Å². The van der Waals surface area contributed by atoms with E-state index < -0.39 is 0 Å². The molecular formula is C15H19NO2. The molecule has 0 fully saturated rings. The summed E-state index contributed by atoms with van der Waals surface area (Å²) < 4.78 is 4.93. The van der Waals surface area contributed by atoms with Crippen molar-refractivity contribution in [1.82, 2.24) is 0 Å². The largest absolute Gasteiger partial charge is 0.466 e. The van der Waals surface area contributed by atoms with E-state index >= 15 is 0 Å². The predicted octanol–water partition coefficient (Wildman–Crippen LogP) is 2.56. The maximum atomic E-state index is 11.4. The number of hydrogen-bond donors (Lipinski definition) is 0. The molecule has 1 heterocycles. The first-order chi connectivity index (χ1) is 8.79. The highest BCUT2D eigenvalue weighted by atomic mass is 16.5. The van der Waals surface area contributed by atoms with Crippen LogP contribution in [-0.4, -0.2) is 25.7 Å². The molecule has 1 aromatic rings. The van der Waals surface area contributed by atoms with E-state index in [4.69, 9.17) is 4.74 Å². The highest BCUT2D eigenvalue weighted by Gasteiger charge is 2.08. The first kappa shape index (κ1) is 12.7. The second-order valence-corrected chi connectivity index (χ2v) is 4.35. The third-order valence-corrected chi connectivity index (χ3v) is 3.01. The van der Waals surface area contributed by atoms with Gasteiger partial charge in [-0.2, -0.15) is 0 Å². The quantitative estimate of drug-likeness (QED) is 0.603. The molecule has 1 aliphatic rings. The number of rotatable bonds is 4. The van der Waals surface area contributed by atoms with Crippen LogP contribution in [0.2, 0.25) is 0 Å². The summed E-state index contributed by atoms with van der Waals surface area (Å²) in [6, 6.07) is 8.16. The first-order valence-electron chi connectivity index (χ1n) is 6.44. The Kier molecular flexibility index (Phi) is 4.40. The Morgan fingerprint density at radius 3 is 2.67 bits per heavy atom. The molecular weight excluding hydrogens is 226 g/mol. The van der Waals surface area contributed by atoms with Crippen LogP contribution in [0.1, 0.15) is 18.9 Å². The van der Waals surface area contributed by atoms with Crippen molar-refractivity contribution in [3.8, 4) is 0 Å². The zero-order valence-corrected chi connectivity index (χ0v) is 10.8. The van der Waals surface area contributed by atoms with Crippen LogP contribution < -0.4 is 4.90 Å². The van der Waals surface area contributed by atoms with Crippen molar-refractivity contribution < 1.29 is 9.53 Å². The number of esters is 1. The fraction of sp³-hybridized carbons (Fsp3) is 0.400. The summed E-state index contributed by atoms with van der Waals surface area (Å²) in [5.41, 5.74) is 2.22. The van der Waals surface area contributed by atoms with Gasteiger partial charge in [0.25, 0.3) is 0 Å². The van der Waals surface area contributed by atoms with Crippen molar-refractivity contribution in [3.63, 3.8) is 0 Å². The van der Waals surface area contributed by atoms with E-state index in [1.54, 1.807) is 0 Å². The Balaban J connectivity index is 1.96. The summed E-state index contributed by atoms with van der Waals surface area (Å²) in [4.78, 5) is 13.7. The van der Waals surface area contributed by atoms with Gasteiger partial charge in [-0.25, -0.2) is 0 Å². The van der Waals surface area contributed by atoms with Crippen LogP contribution in [0.25, 0.3) is 0 Å². The lowest BCUT2D eigenvalue weighted by molar-refractivity contribution is -0.142. The minimum absolute atomic E-state index is 0.161. The number of ether oxygens (including phenoxy) is 1. The summed E-state index contributed by atoms with van der Waals surface area (Å²) in [5, 5.41) is 0. The van der Waals surface area contributed by atoms with Crippen LogP contribution in [0.15, 0.2) is 36.4 Å². The average Bonchev–Trinajstić information content (AvgIpc) is 2.41. The molecule has 0 radical (unpaired) electrons. The van der Waals surface area contributed by atoms with Gasteiger partial charge in [0.2, 0.25) is 0 Å². The van der Waals surface area contributed by atoms with Crippen LogP contribution in [0.5, 0.6) is 0 Å². The van der Waals surface area contributed by atoms with Crippen LogP contribution in [0, 0.1) is 0 Å². The Morgan fingerprint density at radius 2 is 2.06 bits per heavy atom. The molecule has 1 aliphatic heterocycles. The smallest absolute Gasteiger partial charge is 0.310 e. The molecule has 0 bridgehead atoms. The second kappa shape index (κ2) is 6.24. The van der Waals surface area contributed by atoms with Crippen molar-refractivity contribution in [3.05, 3.63) is 42.0 Å². The molecule has 2 rings (SSSR count). The Bertz CT molecular complexity index is 423. The molecule has 0 aromatic heterocycles. The van der Waals surface area contributed by atoms with Gasteiger partial charge in [-0.1, -0.05) is 24.3 Å². The van der Waals surface area contributed by atoms with E-state index in [1.807, 2.05) is 19.1 Å². The maximum Gasteiger partial charge on any atom is 0.310 e. The number of carbonyl (C=O) groups excluding carboxylic acids is 1. The third-order valence-electron chi connectivity index (χ3n) is 3.01. The fourth-order valence-electron chi connectivity index (χ4n) is 2.08. The van der Waals surface area contributed by atoms with Gasteiger partial charge in [-0.15, -0.1) is 0 Å². The number of anilines is 1. The zero-order chi connectivity index (χ0) is 12.8. The van der Waals surface area contributed by atoms with E-state index in [2.05, 4.69) is 29.2 Å². The lowest BCUT2D eigenvalue weighted by Crippen LogP contribution is -2.26. The minimum atomic E-state index is -0.161. The lowest BCUT2D eigenvalue weighted by Gasteiger charge is -2.25. The van der Waals surface area contributed by atoms with Crippen molar-refractivity contribution >= 4 is 11.7 Å². The molecule has 0 saturated heterocycles. The SMILES string of the molecule is CCOC(=O)Cc1ccc(N2CC=CCC2)cc1. The van der Waals surface area contributed by atoms with E-state index in [0.717, 1.165) is 25.1 Å². The number of carbonyl (C=O) groups is 1. The summed E-state index contributed by atoms with van der Waals surface area (Å²) in [6.45, 7) is 4.30. The van der Waals surface area contributed by atoms with Gasteiger partial charge >= 0.3 is 5.97 Å². The zero-order valence-electron chi connectivity index (χ0n) is 10.8. The fourth-order valence-corrected chi connectivity index (χ4v) is 2.08. The Hall–Kier alpha value is -1.77. The summed E-state index contributed by atoms with van der Waals surface area (Å²) >= 11 is 0. The molecule has 0 unspecified atom stereocenters. The monoisotopic (exact) mass is 245 g/mol. The van der Waals surface area contributed by atoms with Gasteiger partial charge in [0, 0.05) is 18.8 Å². The van der Waals surface area contributed by atoms with Gasteiger partial charge in [0.1, 0.15) is 0 Å². The standard InChI is InChI=1S/C15H19NO2/c1-2-18-15(17)12-13-6-8-14(9-7-13)16-10-4-3-5-11-16/h3-4,6-9H,2,5,10-12H2,1H3. The Labute approximate surface area is 108 Å². The highest BCUT2D eigenvalue weighted by Crippen LogP contribution is 2.18. The molecule has 3 heteroatoms. The molecule has 0 saturated carbocycles. The van der Waals surface area contributed by atoms with Gasteiger partial charge in [0.05, 0.1) is 13.0 Å². The van der Waals surface area contributed by atoms with E-state index in [1.165, 1.54) is 5.69 Å². The number of nitrogens with zero attached hydrogens (tertiary/aromatic N) is 1. The second-order valence-electron chi connectivity index (χ2n) is 4.35. The van der Waals surface area contributed by atoms with Crippen LogP contribution in [-0.2, 0) is 16.0 Å². The molecule has 96 valence electrons. The van der Waals surface area contributed by atoms with Gasteiger partial charge in [0.15, 0.2) is 0 Å². The Morgan fingerprint density at radius 1 is 1.28 bits per heavy atom. The minimum Gasteiger partial charge on any atom is -0.466 e. The van der Waals surface area contributed by atoms with Crippen LogP contribution in [0.3, 0.4) is 0 Å². The molecule has 0 aliphatic carbocycles. The van der Waals surface area contributed by atoms with Crippen LogP contribution >= 0.6 is 0 Å². The van der Waals surface area contributed by atoms with Gasteiger partial charge in [-0.05, 0) is 31.0 Å². The number of hydrogen-bond acceptors (Lipinski definition) is 3. The third kappa shape index (κ3) is 3.36. The highest BCUT2D eigenvalue weighted by molar-refractivity contribution is 5.72. The normalized spacial score (nSPS) is 14.6. The topological polar surface area (TPSA) is 29.5 Å². The van der Waals surface area contributed by atoms with Crippen molar-refractivity contribution in [2.24, 2.45) is 0 Å². The average molecular weight is 245 g/mol. The van der Waals surface area contributed by atoms with E-state index in [0.29, 0.717) is 13.0 Å². The maximum absolute atomic E-state index is 11.4. The molecule has 18 heavy (non-hydrogen) atoms. The van der Waals surface area contributed by atoms with Gasteiger partial charge in [-0.3, -0.25) is 4.79 Å². The molecule has 3 nitrogen and oxygen atoms in total. The molecule has 0 spiro atoms. The molecule has 1 aromatic carbocycles. The predicted molar refractivity (Wildman–Crippen MR) is 72.7 cm³/mol.